The molecule has 0 saturated carbocycles. The van der Waals surface area contributed by atoms with Crippen LogP contribution in [0.3, 0.4) is 0 Å². The van der Waals surface area contributed by atoms with Crippen molar-refractivity contribution < 1.29 is 18.0 Å². The van der Waals surface area contributed by atoms with Crippen molar-refractivity contribution in [2.75, 3.05) is 0 Å². The number of carbonyl (C=O) groups excluding carboxylic acids is 1. The molecule has 0 aliphatic rings. The second-order valence-electron chi connectivity index (χ2n) is 4.42. The Kier molecular flexibility index (Phi) is 5.32. The normalized spacial score (nSPS) is 13.1. The highest BCUT2D eigenvalue weighted by molar-refractivity contribution is 5.81. The van der Waals surface area contributed by atoms with Crippen molar-refractivity contribution in [2.24, 2.45) is 0 Å². The molecule has 1 unspecified atom stereocenters. The van der Waals surface area contributed by atoms with E-state index in [9.17, 15) is 18.0 Å². The number of pyridine rings is 1. The standard InChI is InChI=1S/C13H17F3N2O/c1-3-5-9(2)11-7-4-6-10(18-11)8-17-12(19)13(14,15)16/h4,6-7,9H,3,5,8H2,1-2H3,(H,17,19). The third kappa shape index (κ3) is 4.89. The topological polar surface area (TPSA) is 42.0 Å². The predicted molar refractivity (Wildman–Crippen MR) is 65.5 cm³/mol. The number of aromatic nitrogens is 1. The van der Waals surface area contributed by atoms with Gasteiger partial charge in [-0.3, -0.25) is 9.78 Å². The summed E-state index contributed by atoms with van der Waals surface area (Å²) in [5, 5.41) is 1.81. The van der Waals surface area contributed by atoms with Crippen molar-refractivity contribution in [3.8, 4) is 0 Å². The number of halogens is 3. The van der Waals surface area contributed by atoms with Crippen LogP contribution in [0.5, 0.6) is 0 Å². The first-order chi connectivity index (χ1) is 8.84. The van der Waals surface area contributed by atoms with Gasteiger partial charge in [0.05, 0.1) is 12.2 Å². The van der Waals surface area contributed by atoms with Gasteiger partial charge in [0.25, 0.3) is 0 Å². The molecule has 0 aromatic carbocycles. The van der Waals surface area contributed by atoms with Crippen LogP contribution in [0, 0.1) is 0 Å². The van der Waals surface area contributed by atoms with Crippen LogP contribution in [0.4, 0.5) is 13.2 Å². The van der Waals surface area contributed by atoms with Gasteiger partial charge in [-0.05, 0) is 24.5 Å². The number of amides is 1. The maximum Gasteiger partial charge on any atom is 0.471 e. The lowest BCUT2D eigenvalue weighted by atomic mass is 10.0. The van der Waals surface area contributed by atoms with Crippen LogP contribution in [0.1, 0.15) is 44.0 Å². The maximum absolute atomic E-state index is 12.0. The molecule has 1 atom stereocenters. The summed E-state index contributed by atoms with van der Waals surface area (Å²) in [5.74, 6) is -1.69. The van der Waals surface area contributed by atoms with Crippen LogP contribution in [0.25, 0.3) is 0 Å². The second-order valence-corrected chi connectivity index (χ2v) is 4.42. The Morgan fingerprint density at radius 2 is 2.11 bits per heavy atom. The van der Waals surface area contributed by atoms with Crippen LogP contribution in [0.15, 0.2) is 18.2 Å². The van der Waals surface area contributed by atoms with Crippen molar-refractivity contribution in [1.82, 2.24) is 10.3 Å². The summed E-state index contributed by atoms with van der Waals surface area (Å²) in [6, 6.07) is 5.18. The molecule has 1 aromatic rings. The zero-order valence-electron chi connectivity index (χ0n) is 10.9. The zero-order valence-corrected chi connectivity index (χ0v) is 10.9. The van der Waals surface area contributed by atoms with E-state index in [4.69, 9.17) is 0 Å². The lowest BCUT2D eigenvalue weighted by Gasteiger charge is -2.12. The van der Waals surface area contributed by atoms with E-state index in [2.05, 4.69) is 11.9 Å². The fourth-order valence-corrected chi connectivity index (χ4v) is 1.72. The molecule has 1 heterocycles. The number of nitrogens with one attached hydrogen (secondary N) is 1. The Hall–Kier alpha value is -1.59. The Labute approximate surface area is 110 Å². The molecule has 3 nitrogen and oxygen atoms in total. The Morgan fingerprint density at radius 3 is 2.68 bits per heavy atom. The molecule has 0 bridgehead atoms. The van der Waals surface area contributed by atoms with Gasteiger partial charge in [-0.15, -0.1) is 0 Å². The number of alkyl halides is 3. The maximum atomic E-state index is 12.0. The summed E-state index contributed by atoms with van der Waals surface area (Å²) in [6.45, 7) is 3.86. The van der Waals surface area contributed by atoms with Crippen LogP contribution in [-0.4, -0.2) is 17.1 Å². The highest BCUT2D eigenvalue weighted by Crippen LogP contribution is 2.19. The van der Waals surface area contributed by atoms with Gasteiger partial charge in [0, 0.05) is 5.69 Å². The molecule has 1 N–H and O–H groups in total. The zero-order chi connectivity index (χ0) is 14.5. The lowest BCUT2D eigenvalue weighted by molar-refractivity contribution is -0.173. The van der Waals surface area contributed by atoms with E-state index in [1.54, 1.807) is 12.1 Å². The SMILES string of the molecule is CCCC(C)c1cccc(CNC(=O)C(F)(F)F)n1. The molecular weight excluding hydrogens is 257 g/mol. The first-order valence-corrected chi connectivity index (χ1v) is 6.15. The molecule has 1 amide bonds. The molecule has 1 aromatic heterocycles. The number of rotatable bonds is 5. The lowest BCUT2D eigenvalue weighted by Crippen LogP contribution is -2.36. The first-order valence-electron chi connectivity index (χ1n) is 6.15. The van der Waals surface area contributed by atoms with E-state index in [0.717, 1.165) is 18.5 Å². The second kappa shape index (κ2) is 6.54. The molecule has 0 radical (unpaired) electrons. The highest BCUT2D eigenvalue weighted by atomic mass is 19.4. The van der Waals surface area contributed by atoms with Crippen LogP contribution in [0.2, 0.25) is 0 Å². The summed E-state index contributed by atoms with van der Waals surface area (Å²) in [5.41, 5.74) is 1.26. The molecule has 0 fully saturated rings. The molecule has 1 rings (SSSR count). The molecule has 0 aliphatic heterocycles. The van der Waals surface area contributed by atoms with E-state index < -0.39 is 12.1 Å². The number of hydrogen-bond acceptors (Lipinski definition) is 2. The summed E-state index contributed by atoms with van der Waals surface area (Å²) in [6.07, 6.45) is -2.88. The molecular formula is C13H17F3N2O. The van der Waals surface area contributed by atoms with E-state index in [1.807, 2.05) is 18.3 Å². The number of carbonyl (C=O) groups is 1. The Balaban J connectivity index is 2.65. The van der Waals surface area contributed by atoms with Crippen molar-refractivity contribution in [1.29, 1.82) is 0 Å². The third-order valence-electron chi connectivity index (χ3n) is 2.74. The van der Waals surface area contributed by atoms with Gasteiger partial charge in [0.2, 0.25) is 0 Å². The quantitative estimate of drug-likeness (QED) is 0.896. The number of hydrogen-bond donors (Lipinski definition) is 1. The largest absolute Gasteiger partial charge is 0.471 e. The minimum atomic E-state index is -4.85. The van der Waals surface area contributed by atoms with Crippen molar-refractivity contribution in [3.05, 3.63) is 29.6 Å². The minimum Gasteiger partial charge on any atom is -0.343 e. The van der Waals surface area contributed by atoms with Crippen molar-refractivity contribution in [2.45, 2.75) is 45.3 Å². The first kappa shape index (κ1) is 15.5. The van der Waals surface area contributed by atoms with Crippen molar-refractivity contribution in [3.63, 3.8) is 0 Å². The summed E-state index contributed by atoms with van der Waals surface area (Å²) in [7, 11) is 0. The van der Waals surface area contributed by atoms with Gasteiger partial charge in [0.15, 0.2) is 0 Å². The monoisotopic (exact) mass is 274 g/mol. The molecule has 0 spiro atoms. The van der Waals surface area contributed by atoms with Crippen molar-refractivity contribution >= 4 is 5.91 Å². The molecule has 106 valence electrons. The van der Waals surface area contributed by atoms with E-state index in [0.29, 0.717) is 5.69 Å². The molecule has 19 heavy (non-hydrogen) atoms. The number of nitrogens with zero attached hydrogens (tertiary/aromatic N) is 1. The van der Waals surface area contributed by atoms with Gasteiger partial charge in [0.1, 0.15) is 0 Å². The Morgan fingerprint density at radius 1 is 1.42 bits per heavy atom. The van der Waals surface area contributed by atoms with Gasteiger partial charge in [-0.1, -0.05) is 26.3 Å². The van der Waals surface area contributed by atoms with E-state index in [1.165, 1.54) is 0 Å². The van der Waals surface area contributed by atoms with Gasteiger partial charge in [-0.2, -0.15) is 13.2 Å². The third-order valence-corrected chi connectivity index (χ3v) is 2.74. The van der Waals surface area contributed by atoms with Gasteiger partial charge >= 0.3 is 12.1 Å². The molecule has 0 saturated heterocycles. The smallest absolute Gasteiger partial charge is 0.343 e. The van der Waals surface area contributed by atoms with Gasteiger partial charge < -0.3 is 5.32 Å². The van der Waals surface area contributed by atoms with Crippen LogP contribution >= 0.6 is 0 Å². The van der Waals surface area contributed by atoms with Gasteiger partial charge in [-0.25, -0.2) is 0 Å². The fourth-order valence-electron chi connectivity index (χ4n) is 1.72. The average molecular weight is 274 g/mol. The predicted octanol–water partition coefficient (Wildman–Crippen LogP) is 3.16. The highest BCUT2D eigenvalue weighted by Gasteiger charge is 2.38. The molecule has 6 heteroatoms. The van der Waals surface area contributed by atoms with E-state index >= 15 is 0 Å². The summed E-state index contributed by atoms with van der Waals surface area (Å²) < 4.78 is 36.1. The van der Waals surface area contributed by atoms with Crippen LogP contribution in [-0.2, 0) is 11.3 Å². The summed E-state index contributed by atoms with van der Waals surface area (Å²) >= 11 is 0. The minimum absolute atomic E-state index is 0.217. The molecule has 0 aliphatic carbocycles. The fraction of sp³-hybridized carbons (Fsp3) is 0.538. The average Bonchev–Trinajstić information content (AvgIpc) is 2.35. The van der Waals surface area contributed by atoms with E-state index in [-0.39, 0.29) is 12.5 Å². The van der Waals surface area contributed by atoms with Crippen LogP contribution < -0.4 is 5.32 Å². The summed E-state index contributed by atoms with van der Waals surface area (Å²) in [4.78, 5) is 15.0. The Bertz CT molecular complexity index is 432.